The molecule has 0 aromatic carbocycles. The standard InChI is InChI=1S/C5H13N2O/c1-4(7-6)5(2)8-3/h4-5,7H,2,6H2,1,3H3. The van der Waals surface area contributed by atoms with Gasteiger partial charge in [-0.05, 0) is 13.8 Å². The summed E-state index contributed by atoms with van der Waals surface area (Å²) in [4.78, 5) is 0. The normalized spacial score (nSPS) is 18.0. The number of nitrogens with two attached hydrogens (primary N) is 1. The van der Waals surface area contributed by atoms with Gasteiger partial charge in [0, 0.05) is 13.2 Å². The molecule has 0 aromatic heterocycles. The van der Waals surface area contributed by atoms with Crippen molar-refractivity contribution in [3.05, 3.63) is 6.92 Å². The Morgan fingerprint density at radius 1 is 1.75 bits per heavy atom. The molecule has 3 N–H and O–H groups in total. The van der Waals surface area contributed by atoms with Gasteiger partial charge < -0.3 is 4.74 Å². The molecule has 0 aliphatic carbocycles. The number of nitrogens with one attached hydrogen (secondary N) is 1. The Morgan fingerprint density at radius 3 is 2.38 bits per heavy atom. The van der Waals surface area contributed by atoms with Crippen molar-refractivity contribution in [2.45, 2.75) is 19.1 Å². The minimum atomic E-state index is -0.0694. The molecule has 8 heavy (non-hydrogen) atoms. The Kier molecular flexibility index (Phi) is 3.77. The molecule has 0 aliphatic heterocycles. The first-order valence-electron chi connectivity index (χ1n) is 2.54. The molecule has 0 aromatic rings. The molecule has 3 nitrogen and oxygen atoms in total. The Bertz CT molecular complexity index is 50.4. The maximum Gasteiger partial charge on any atom is 0.0736 e. The predicted octanol–water partition coefficient (Wildman–Crippen LogP) is -0.313. The molecular formula is C5H13N2O. The molecule has 49 valence electrons. The van der Waals surface area contributed by atoms with Crippen LogP contribution in [0.5, 0.6) is 0 Å². The van der Waals surface area contributed by atoms with Crippen molar-refractivity contribution in [1.29, 1.82) is 0 Å². The highest BCUT2D eigenvalue weighted by atomic mass is 16.5. The van der Waals surface area contributed by atoms with Crippen molar-refractivity contribution >= 4 is 0 Å². The second-order valence-corrected chi connectivity index (χ2v) is 1.73. The Labute approximate surface area is 50.2 Å². The zero-order valence-electron chi connectivity index (χ0n) is 5.35. The summed E-state index contributed by atoms with van der Waals surface area (Å²) in [5.41, 5.74) is 2.53. The molecule has 0 aliphatic rings. The molecule has 0 spiro atoms. The summed E-state index contributed by atoms with van der Waals surface area (Å²) in [6, 6.07) is 0.111. The van der Waals surface area contributed by atoms with E-state index in [-0.39, 0.29) is 12.1 Å². The van der Waals surface area contributed by atoms with Crippen LogP contribution in [0, 0.1) is 6.92 Å². The van der Waals surface area contributed by atoms with Crippen LogP contribution in [-0.2, 0) is 4.74 Å². The van der Waals surface area contributed by atoms with Crippen LogP contribution in [0.2, 0.25) is 0 Å². The quantitative estimate of drug-likeness (QED) is 0.393. The van der Waals surface area contributed by atoms with E-state index in [1.807, 2.05) is 6.92 Å². The predicted molar refractivity (Wildman–Crippen MR) is 32.9 cm³/mol. The maximum atomic E-state index is 5.08. The van der Waals surface area contributed by atoms with Crippen LogP contribution in [0.3, 0.4) is 0 Å². The second kappa shape index (κ2) is 3.83. The summed E-state index contributed by atoms with van der Waals surface area (Å²) in [5.74, 6) is 5.08. The molecule has 0 rings (SSSR count). The van der Waals surface area contributed by atoms with Gasteiger partial charge in [-0.15, -0.1) is 0 Å². The summed E-state index contributed by atoms with van der Waals surface area (Å²) in [7, 11) is 1.60. The maximum absolute atomic E-state index is 5.08. The number of methoxy groups -OCH3 is 1. The number of hydrogen-bond donors (Lipinski definition) is 2. The van der Waals surface area contributed by atoms with Crippen LogP contribution in [-0.4, -0.2) is 19.3 Å². The molecule has 3 heteroatoms. The third-order valence-electron chi connectivity index (χ3n) is 1.12. The molecule has 1 radical (unpaired) electrons. The van der Waals surface area contributed by atoms with E-state index < -0.39 is 0 Å². The van der Waals surface area contributed by atoms with Gasteiger partial charge in [-0.3, -0.25) is 11.3 Å². The SMILES string of the molecule is [CH2]C(OC)C(C)NN. The molecule has 2 atom stereocenters. The van der Waals surface area contributed by atoms with Crippen LogP contribution in [0.15, 0.2) is 0 Å². The molecule has 0 saturated heterocycles. The fourth-order valence-electron chi connectivity index (χ4n) is 0.311. The third-order valence-corrected chi connectivity index (χ3v) is 1.12. The lowest BCUT2D eigenvalue weighted by Gasteiger charge is -2.15. The van der Waals surface area contributed by atoms with Gasteiger partial charge in [0.15, 0.2) is 0 Å². The van der Waals surface area contributed by atoms with Crippen molar-refractivity contribution in [3.63, 3.8) is 0 Å². The van der Waals surface area contributed by atoms with Crippen molar-refractivity contribution in [2.75, 3.05) is 7.11 Å². The van der Waals surface area contributed by atoms with Gasteiger partial charge in [-0.1, -0.05) is 0 Å². The Morgan fingerprint density at radius 2 is 2.25 bits per heavy atom. The van der Waals surface area contributed by atoms with E-state index >= 15 is 0 Å². The number of hydrazine groups is 1. The summed E-state index contributed by atoms with van der Waals surface area (Å²) in [5, 5.41) is 0. The minimum Gasteiger partial charge on any atom is -0.380 e. The summed E-state index contributed by atoms with van der Waals surface area (Å²) < 4.78 is 4.85. The number of rotatable bonds is 3. The minimum absolute atomic E-state index is 0.0694. The lowest BCUT2D eigenvalue weighted by atomic mass is 10.2. The van der Waals surface area contributed by atoms with E-state index in [9.17, 15) is 0 Å². The summed E-state index contributed by atoms with van der Waals surface area (Å²) in [6.07, 6.45) is -0.0694. The zero-order valence-corrected chi connectivity index (χ0v) is 5.35. The van der Waals surface area contributed by atoms with Gasteiger partial charge in [0.05, 0.1) is 6.10 Å². The van der Waals surface area contributed by atoms with Crippen LogP contribution in [0.1, 0.15) is 6.92 Å². The van der Waals surface area contributed by atoms with Crippen LogP contribution < -0.4 is 11.3 Å². The third kappa shape index (κ3) is 2.26. The molecular weight excluding hydrogens is 104 g/mol. The van der Waals surface area contributed by atoms with E-state index in [0.717, 1.165) is 0 Å². The highest BCUT2D eigenvalue weighted by Gasteiger charge is 2.06. The molecule has 0 heterocycles. The average molecular weight is 117 g/mol. The van der Waals surface area contributed by atoms with E-state index in [2.05, 4.69) is 12.3 Å². The average Bonchev–Trinajstić information content (AvgIpc) is 1.84. The second-order valence-electron chi connectivity index (χ2n) is 1.73. The van der Waals surface area contributed by atoms with Crippen LogP contribution >= 0.6 is 0 Å². The van der Waals surface area contributed by atoms with Gasteiger partial charge in [-0.25, -0.2) is 0 Å². The van der Waals surface area contributed by atoms with Crippen molar-refractivity contribution in [3.8, 4) is 0 Å². The highest BCUT2D eigenvalue weighted by Crippen LogP contribution is 1.91. The highest BCUT2D eigenvalue weighted by molar-refractivity contribution is 4.70. The van der Waals surface area contributed by atoms with Crippen molar-refractivity contribution in [1.82, 2.24) is 5.43 Å². The topological polar surface area (TPSA) is 47.3 Å². The molecule has 0 amide bonds. The van der Waals surface area contributed by atoms with E-state index in [0.29, 0.717) is 0 Å². The fourth-order valence-corrected chi connectivity index (χ4v) is 0.311. The van der Waals surface area contributed by atoms with Gasteiger partial charge in [0.25, 0.3) is 0 Å². The first kappa shape index (κ1) is 7.88. The van der Waals surface area contributed by atoms with Crippen molar-refractivity contribution < 1.29 is 4.74 Å². The molecule has 0 bridgehead atoms. The largest absolute Gasteiger partial charge is 0.380 e. The molecule has 0 fully saturated rings. The van der Waals surface area contributed by atoms with Gasteiger partial charge in [0.2, 0.25) is 0 Å². The van der Waals surface area contributed by atoms with E-state index in [1.54, 1.807) is 7.11 Å². The fraction of sp³-hybridized carbons (Fsp3) is 0.800. The smallest absolute Gasteiger partial charge is 0.0736 e. The van der Waals surface area contributed by atoms with Gasteiger partial charge >= 0.3 is 0 Å². The lowest BCUT2D eigenvalue weighted by Crippen LogP contribution is -2.41. The lowest BCUT2D eigenvalue weighted by molar-refractivity contribution is 0.109. The van der Waals surface area contributed by atoms with Crippen LogP contribution in [0.25, 0.3) is 0 Å². The zero-order chi connectivity index (χ0) is 6.57. The summed E-state index contributed by atoms with van der Waals surface area (Å²) >= 11 is 0. The first-order valence-corrected chi connectivity index (χ1v) is 2.54. The number of hydrogen-bond acceptors (Lipinski definition) is 3. The number of ether oxygens (including phenoxy) is 1. The Balaban J connectivity index is 3.29. The Hall–Kier alpha value is -0.120. The van der Waals surface area contributed by atoms with Crippen LogP contribution in [0.4, 0.5) is 0 Å². The van der Waals surface area contributed by atoms with Gasteiger partial charge in [0.1, 0.15) is 0 Å². The molecule has 2 unspecified atom stereocenters. The van der Waals surface area contributed by atoms with Crippen molar-refractivity contribution in [2.24, 2.45) is 5.84 Å². The van der Waals surface area contributed by atoms with E-state index in [4.69, 9.17) is 10.6 Å². The molecule has 0 saturated carbocycles. The van der Waals surface area contributed by atoms with Gasteiger partial charge in [-0.2, -0.15) is 0 Å². The van der Waals surface area contributed by atoms with E-state index in [1.165, 1.54) is 0 Å². The first-order chi connectivity index (χ1) is 3.72. The monoisotopic (exact) mass is 117 g/mol. The summed E-state index contributed by atoms with van der Waals surface area (Å²) in [6.45, 7) is 5.57.